The van der Waals surface area contributed by atoms with Gasteiger partial charge in [0.1, 0.15) is 5.60 Å². The van der Waals surface area contributed by atoms with Crippen LogP contribution in [0.25, 0.3) is 0 Å². The molecule has 0 aliphatic rings. The summed E-state index contributed by atoms with van der Waals surface area (Å²) >= 11 is 0. The van der Waals surface area contributed by atoms with Crippen molar-refractivity contribution in [1.29, 1.82) is 0 Å². The van der Waals surface area contributed by atoms with Crippen LogP contribution >= 0.6 is 0 Å². The maximum atomic E-state index is 12.4. The zero-order valence-corrected chi connectivity index (χ0v) is 14.3. The highest BCUT2D eigenvalue weighted by molar-refractivity contribution is 5.86. The largest absolute Gasteiger partial charge is 0.380 e. The lowest BCUT2D eigenvalue weighted by Gasteiger charge is -2.27. The molecule has 124 valence electrons. The molecule has 0 heterocycles. The number of anilines is 1. The number of hydrogen-bond acceptors (Lipinski definition) is 3. The van der Waals surface area contributed by atoms with Gasteiger partial charge in [-0.05, 0) is 38.3 Å². The molecule has 4 heteroatoms. The fraction of sp³-hybridized carbons (Fsp3) is 0.611. The summed E-state index contributed by atoms with van der Waals surface area (Å²) in [5, 5.41) is 10.7. The van der Waals surface area contributed by atoms with Crippen LogP contribution in [0.1, 0.15) is 63.5 Å². The Labute approximate surface area is 134 Å². The van der Waals surface area contributed by atoms with Crippen molar-refractivity contribution in [3.8, 4) is 0 Å². The number of unbranched alkanes of at least 4 members (excludes halogenated alkanes) is 2. The van der Waals surface area contributed by atoms with E-state index in [4.69, 9.17) is 0 Å². The SMILES string of the molecule is CCCCC(O)(CCCC)C(=O)NNc1ccc(C)cc1C. The first-order chi connectivity index (χ1) is 10.4. The molecule has 1 amide bonds. The normalized spacial score (nSPS) is 11.3. The predicted octanol–water partition coefficient (Wildman–Crippen LogP) is 3.86. The Kier molecular flexibility index (Phi) is 7.39. The van der Waals surface area contributed by atoms with E-state index in [9.17, 15) is 9.90 Å². The quantitative estimate of drug-likeness (QED) is 0.607. The molecule has 0 fully saturated rings. The van der Waals surface area contributed by atoms with Crippen molar-refractivity contribution in [1.82, 2.24) is 5.43 Å². The summed E-state index contributed by atoms with van der Waals surface area (Å²) < 4.78 is 0. The monoisotopic (exact) mass is 306 g/mol. The Balaban J connectivity index is 2.69. The van der Waals surface area contributed by atoms with E-state index in [1.807, 2.05) is 26.0 Å². The molecule has 0 radical (unpaired) electrons. The molecule has 0 aliphatic carbocycles. The van der Waals surface area contributed by atoms with Gasteiger partial charge < -0.3 is 5.11 Å². The fourth-order valence-electron chi connectivity index (χ4n) is 2.48. The number of nitrogens with one attached hydrogen (secondary N) is 2. The second kappa shape index (κ2) is 8.79. The van der Waals surface area contributed by atoms with E-state index in [1.165, 1.54) is 5.56 Å². The smallest absolute Gasteiger partial charge is 0.270 e. The lowest BCUT2D eigenvalue weighted by atomic mass is 9.90. The van der Waals surface area contributed by atoms with E-state index < -0.39 is 5.60 Å². The van der Waals surface area contributed by atoms with E-state index in [0.29, 0.717) is 12.8 Å². The van der Waals surface area contributed by atoms with Gasteiger partial charge in [-0.15, -0.1) is 0 Å². The highest BCUT2D eigenvalue weighted by atomic mass is 16.3. The van der Waals surface area contributed by atoms with E-state index in [0.717, 1.165) is 36.9 Å². The lowest BCUT2D eigenvalue weighted by Crippen LogP contribution is -2.48. The van der Waals surface area contributed by atoms with Gasteiger partial charge in [-0.25, -0.2) is 0 Å². The molecule has 0 unspecified atom stereocenters. The summed E-state index contributed by atoms with van der Waals surface area (Å²) in [6.45, 7) is 8.14. The van der Waals surface area contributed by atoms with E-state index >= 15 is 0 Å². The molecule has 0 aliphatic heterocycles. The lowest BCUT2D eigenvalue weighted by molar-refractivity contribution is -0.141. The predicted molar refractivity (Wildman–Crippen MR) is 91.7 cm³/mol. The number of rotatable bonds is 9. The average molecular weight is 306 g/mol. The van der Waals surface area contributed by atoms with E-state index in [2.05, 4.69) is 30.8 Å². The van der Waals surface area contributed by atoms with Crippen LogP contribution in [0.5, 0.6) is 0 Å². The average Bonchev–Trinajstić information content (AvgIpc) is 2.49. The molecular weight excluding hydrogens is 276 g/mol. The molecular formula is C18H30N2O2. The van der Waals surface area contributed by atoms with Crippen molar-refractivity contribution >= 4 is 11.6 Å². The third-order valence-corrected chi connectivity index (χ3v) is 4.00. The molecule has 4 nitrogen and oxygen atoms in total. The first kappa shape index (κ1) is 18.5. The Morgan fingerprint density at radius 2 is 1.73 bits per heavy atom. The minimum absolute atomic E-state index is 0.339. The van der Waals surface area contributed by atoms with Crippen LogP contribution < -0.4 is 10.9 Å². The highest BCUT2D eigenvalue weighted by Gasteiger charge is 2.34. The van der Waals surface area contributed by atoms with Crippen LogP contribution in [0.4, 0.5) is 5.69 Å². The van der Waals surface area contributed by atoms with Crippen LogP contribution in [0.3, 0.4) is 0 Å². The van der Waals surface area contributed by atoms with E-state index in [-0.39, 0.29) is 5.91 Å². The van der Waals surface area contributed by atoms with Crippen molar-refractivity contribution in [2.45, 2.75) is 71.8 Å². The van der Waals surface area contributed by atoms with Gasteiger partial charge in [0, 0.05) is 0 Å². The second-order valence-electron chi connectivity index (χ2n) is 6.14. The third kappa shape index (κ3) is 5.34. The van der Waals surface area contributed by atoms with Crippen LogP contribution in [0, 0.1) is 13.8 Å². The van der Waals surface area contributed by atoms with Crippen molar-refractivity contribution in [3.05, 3.63) is 29.3 Å². The van der Waals surface area contributed by atoms with Gasteiger partial charge in [-0.1, -0.05) is 57.2 Å². The van der Waals surface area contributed by atoms with Gasteiger partial charge in [0.05, 0.1) is 5.69 Å². The standard InChI is InChI=1S/C18H30N2O2/c1-5-7-11-18(22,12-8-6-2)17(21)20-19-16-10-9-14(3)13-15(16)4/h9-10,13,19,22H,5-8,11-12H2,1-4H3,(H,20,21). The molecule has 22 heavy (non-hydrogen) atoms. The van der Waals surface area contributed by atoms with Crippen LogP contribution in [0.2, 0.25) is 0 Å². The zero-order valence-electron chi connectivity index (χ0n) is 14.3. The molecule has 0 saturated carbocycles. The van der Waals surface area contributed by atoms with Crippen LogP contribution in [0.15, 0.2) is 18.2 Å². The van der Waals surface area contributed by atoms with Crippen molar-refractivity contribution in [2.75, 3.05) is 5.43 Å². The van der Waals surface area contributed by atoms with Gasteiger partial charge in [0.15, 0.2) is 0 Å². The highest BCUT2D eigenvalue weighted by Crippen LogP contribution is 2.22. The molecule has 0 saturated heterocycles. The number of hydrazine groups is 1. The summed E-state index contributed by atoms with van der Waals surface area (Å²) in [6.07, 6.45) is 4.63. The molecule has 0 atom stereocenters. The second-order valence-corrected chi connectivity index (χ2v) is 6.14. The van der Waals surface area contributed by atoms with E-state index in [1.54, 1.807) is 0 Å². The number of carbonyl (C=O) groups excluding carboxylic acids is 1. The number of benzene rings is 1. The molecule has 0 bridgehead atoms. The maximum absolute atomic E-state index is 12.4. The van der Waals surface area contributed by atoms with Gasteiger partial charge in [0.25, 0.3) is 5.91 Å². The van der Waals surface area contributed by atoms with Gasteiger partial charge in [-0.3, -0.25) is 15.6 Å². The molecule has 1 aromatic rings. The maximum Gasteiger partial charge on any atom is 0.270 e. The Hall–Kier alpha value is -1.55. The van der Waals surface area contributed by atoms with Crippen molar-refractivity contribution < 1.29 is 9.90 Å². The number of hydrogen-bond donors (Lipinski definition) is 3. The Morgan fingerprint density at radius 3 is 2.23 bits per heavy atom. The minimum atomic E-state index is -1.28. The van der Waals surface area contributed by atoms with Crippen LogP contribution in [-0.4, -0.2) is 16.6 Å². The third-order valence-electron chi connectivity index (χ3n) is 4.00. The molecule has 1 aromatic carbocycles. The summed E-state index contributed by atoms with van der Waals surface area (Å²) in [5.41, 5.74) is 7.43. The molecule has 0 spiro atoms. The fourth-order valence-corrected chi connectivity index (χ4v) is 2.48. The summed E-state index contributed by atoms with van der Waals surface area (Å²) in [4.78, 5) is 12.4. The topological polar surface area (TPSA) is 61.4 Å². The number of aliphatic hydroxyl groups is 1. The number of aryl methyl sites for hydroxylation is 2. The summed E-state index contributed by atoms with van der Waals surface area (Å²) in [7, 11) is 0. The Morgan fingerprint density at radius 1 is 1.14 bits per heavy atom. The van der Waals surface area contributed by atoms with Crippen molar-refractivity contribution in [2.24, 2.45) is 0 Å². The van der Waals surface area contributed by atoms with Gasteiger partial charge >= 0.3 is 0 Å². The van der Waals surface area contributed by atoms with Crippen molar-refractivity contribution in [3.63, 3.8) is 0 Å². The molecule has 3 N–H and O–H groups in total. The van der Waals surface area contributed by atoms with Gasteiger partial charge in [-0.2, -0.15) is 0 Å². The molecule has 1 rings (SSSR count). The van der Waals surface area contributed by atoms with Gasteiger partial charge in [0.2, 0.25) is 0 Å². The summed E-state index contributed by atoms with van der Waals surface area (Å²) in [6, 6.07) is 5.97. The number of amides is 1. The molecule has 0 aromatic heterocycles. The first-order valence-corrected chi connectivity index (χ1v) is 8.29. The zero-order chi connectivity index (χ0) is 16.6. The van der Waals surface area contributed by atoms with Crippen LogP contribution in [-0.2, 0) is 4.79 Å². The Bertz CT molecular complexity index is 478. The number of carbonyl (C=O) groups is 1. The minimum Gasteiger partial charge on any atom is -0.380 e. The first-order valence-electron chi connectivity index (χ1n) is 8.29. The summed E-state index contributed by atoms with van der Waals surface area (Å²) in [5.74, 6) is -0.339.